The van der Waals surface area contributed by atoms with Gasteiger partial charge in [-0.15, -0.1) is 0 Å². The molecule has 27 heavy (non-hydrogen) atoms. The number of nitrogens with zero attached hydrogens (tertiary/aromatic N) is 4. The van der Waals surface area contributed by atoms with Crippen molar-refractivity contribution in [3.05, 3.63) is 64.2 Å². The molecule has 0 saturated carbocycles. The first-order chi connectivity index (χ1) is 12.9. The number of benzene rings is 1. The molecule has 1 aromatic carbocycles. The molecule has 0 aliphatic carbocycles. The van der Waals surface area contributed by atoms with Crippen molar-refractivity contribution in [2.45, 2.75) is 20.8 Å². The van der Waals surface area contributed by atoms with E-state index < -0.39 is 0 Å². The molecule has 1 heterocycles. The summed E-state index contributed by atoms with van der Waals surface area (Å²) in [6.07, 6.45) is 7.00. The molecule has 0 aliphatic rings. The first kappa shape index (κ1) is 20.1. The lowest BCUT2D eigenvalue weighted by Crippen LogP contribution is -2.03. The molecule has 0 spiro atoms. The van der Waals surface area contributed by atoms with Crippen molar-refractivity contribution in [1.29, 1.82) is 0 Å². The van der Waals surface area contributed by atoms with Crippen LogP contribution in [0.15, 0.2) is 63.3 Å². The first-order valence-corrected chi connectivity index (χ1v) is 8.60. The Labute approximate surface area is 163 Å². The maximum atomic E-state index is 5.78. The number of rotatable bonds is 7. The number of allylic oxidation sites excluding steroid dienone is 4. The molecule has 0 unspecified atom stereocenters. The third-order valence-corrected chi connectivity index (χ3v) is 3.36. The number of hydrazone groups is 2. The Bertz CT molecular complexity index is 879. The Morgan fingerprint density at radius 3 is 2.30 bits per heavy atom. The number of nitrogens with two attached hydrogens (primary N) is 1. The van der Waals surface area contributed by atoms with Gasteiger partial charge in [-0.2, -0.15) is 20.2 Å². The molecule has 2 rings (SSSR count). The van der Waals surface area contributed by atoms with Crippen LogP contribution in [0.4, 0.5) is 17.6 Å². The SMILES string of the molecule is C\C(Cl)=C/C=C(C)/C=N/Nc1cc(N/N=C/c2ccc(C)cc2)nc(N)n1. The van der Waals surface area contributed by atoms with Crippen LogP contribution in [-0.4, -0.2) is 22.4 Å². The number of anilines is 3. The van der Waals surface area contributed by atoms with Gasteiger partial charge in [-0.1, -0.05) is 47.5 Å². The molecule has 0 atom stereocenters. The number of aryl methyl sites for hydroxylation is 1. The highest BCUT2D eigenvalue weighted by Gasteiger charge is 2.00. The minimum Gasteiger partial charge on any atom is -0.368 e. The van der Waals surface area contributed by atoms with E-state index in [1.165, 1.54) is 5.56 Å². The normalized spacial score (nSPS) is 12.7. The van der Waals surface area contributed by atoms with Crippen molar-refractivity contribution in [2.24, 2.45) is 10.2 Å². The summed E-state index contributed by atoms with van der Waals surface area (Å²) in [5, 5.41) is 8.96. The van der Waals surface area contributed by atoms with Crippen LogP contribution in [0.5, 0.6) is 0 Å². The maximum absolute atomic E-state index is 5.78. The molecule has 7 nitrogen and oxygen atoms in total. The highest BCUT2D eigenvalue weighted by atomic mass is 35.5. The predicted octanol–water partition coefficient (Wildman–Crippen LogP) is 4.30. The highest BCUT2D eigenvalue weighted by molar-refractivity contribution is 6.29. The van der Waals surface area contributed by atoms with E-state index in [1.807, 2.05) is 44.2 Å². The molecule has 0 aliphatic heterocycles. The van der Waals surface area contributed by atoms with Crippen LogP contribution < -0.4 is 16.6 Å². The minimum atomic E-state index is 0.108. The quantitative estimate of drug-likeness (QED) is 0.376. The van der Waals surface area contributed by atoms with E-state index in [4.69, 9.17) is 17.3 Å². The van der Waals surface area contributed by atoms with Crippen LogP contribution in [-0.2, 0) is 0 Å². The molecule has 4 N–H and O–H groups in total. The lowest BCUT2D eigenvalue weighted by Gasteiger charge is -2.04. The zero-order valence-electron chi connectivity index (χ0n) is 15.4. The van der Waals surface area contributed by atoms with Gasteiger partial charge in [0.1, 0.15) is 0 Å². The number of hydrogen-bond donors (Lipinski definition) is 3. The van der Waals surface area contributed by atoms with E-state index in [1.54, 1.807) is 31.5 Å². The largest absolute Gasteiger partial charge is 0.368 e. The van der Waals surface area contributed by atoms with Gasteiger partial charge in [0.2, 0.25) is 5.95 Å². The first-order valence-electron chi connectivity index (χ1n) is 8.22. The molecule has 2 aromatic rings. The zero-order valence-corrected chi connectivity index (χ0v) is 16.2. The second-order valence-corrected chi connectivity index (χ2v) is 6.41. The summed E-state index contributed by atoms with van der Waals surface area (Å²) in [5.74, 6) is 1.01. The van der Waals surface area contributed by atoms with Gasteiger partial charge in [0.15, 0.2) is 11.6 Å². The summed E-state index contributed by atoms with van der Waals surface area (Å²) < 4.78 is 0. The number of halogens is 1. The van der Waals surface area contributed by atoms with Crippen molar-refractivity contribution in [3.63, 3.8) is 0 Å². The summed E-state index contributed by atoms with van der Waals surface area (Å²) >= 11 is 5.78. The average molecular weight is 384 g/mol. The Kier molecular flexibility index (Phi) is 7.51. The Morgan fingerprint density at radius 1 is 1.04 bits per heavy atom. The topological polar surface area (TPSA) is 101 Å². The molecule has 1 aromatic heterocycles. The van der Waals surface area contributed by atoms with E-state index in [0.29, 0.717) is 16.7 Å². The number of aromatic nitrogens is 2. The number of nitrogens with one attached hydrogen (secondary N) is 2. The van der Waals surface area contributed by atoms with Gasteiger partial charge >= 0.3 is 0 Å². The van der Waals surface area contributed by atoms with E-state index in [9.17, 15) is 0 Å². The molecule has 0 saturated heterocycles. The molecule has 0 amide bonds. The van der Waals surface area contributed by atoms with Crippen LogP contribution in [0.1, 0.15) is 25.0 Å². The highest BCUT2D eigenvalue weighted by Crippen LogP contribution is 2.12. The van der Waals surface area contributed by atoms with Crippen molar-refractivity contribution in [1.82, 2.24) is 9.97 Å². The van der Waals surface area contributed by atoms with Gasteiger partial charge in [0, 0.05) is 11.1 Å². The summed E-state index contributed by atoms with van der Waals surface area (Å²) in [7, 11) is 0. The van der Waals surface area contributed by atoms with E-state index >= 15 is 0 Å². The zero-order chi connectivity index (χ0) is 19.6. The average Bonchev–Trinajstić information content (AvgIpc) is 2.61. The summed E-state index contributed by atoms with van der Waals surface area (Å²) in [4.78, 5) is 8.17. The van der Waals surface area contributed by atoms with E-state index in [0.717, 1.165) is 11.1 Å². The van der Waals surface area contributed by atoms with Crippen LogP contribution in [0, 0.1) is 6.92 Å². The van der Waals surface area contributed by atoms with Crippen LogP contribution in [0.2, 0.25) is 0 Å². The smallest absolute Gasteiger partial charge is 0.224 e. The minimum absolute atomic E-state index is 0.108. The molecule has 0 fully saturated rings. The Balaban J connectivity index is 1.99. The van der Waals surface area contributed by atoms with Crippen LogP contribution >= 0.6 is 11.6 Å². The van der Waals surface area contributed by atoms with Gasteiger partial charge in [0.25, 0.3) is 0 Å². The van der Waals surface area contributed by atoms with Crippen molar-refractivity contribution >= 4 is 41.6 Å². The van der Waals surface area contributed by atoms with Gasteiger partial charge in [-0.25, -0.2) is 0 Å². The fraction of sp³-hybridized carbons (Fsp3) is 0.158. The van der Waals surface area contributed by atoms with Crippen LogP contribution in [0.25, 0.3) is 0 Å². The summed E-state index contributed by atoms with van der Waals surface area (Å²) in [5.41, 5.74) is 14.5. The molecular weight excluding hydrogens is 362 g/mol. The molecule has 0 radical (unpaired) electrons. The lowest BCUT2D eigenvalue weighted by molar-refractivity contribution is 1.13. The second kappa shape index (κ2) is 10.1. The fourth-order valence-corrected chi connectivity index (χ4v) is 1.96. The third kappa shape index (κ3) is 7.70. The van der Waals surface area contributed by atoms with Crippen molar-refractivity contribution in [3.8, 4) is 0 Å². The van der Waals surface area contributed by atoms with Crippen molar-refractivity contribution in [2.75, 3.05) is 16.6 Å². The van der Waals surface area contributed by atoms with Gasteiger partial charge in [-0.05, 0) is 38.0 Å². The number of nitrogen functional groups attached to an aromatic ring is 1. The van der Waals surface area contributed by atoms with Gasteiger partial charge in [-0.3, -0.25) is 10.9 Å². The van der Waals surface area contributed by atoms with Crippen molar-refractivity contribution < 1.29 is 0 Å². The maximum Gasteiger partial charge on any atom is 0.224 e. The van der Waals surface area contributed by atoms with Gasteiger partial charge in [0.05, 0.1) is 12.4 Å². The third-order valence-electron chi connectivity index (χ3n) is 3.24. The summed E-state index contributed by atoms with van der Waals surface area (Å²) in [6, 6.07) is 9.65. The monoisotopic (exact) mass is 383 g/mol. The molecular formula is C19H22ClN7. The molecule has 8 heteroatoms. The molecule has 0 bridgehead atoms. The Morgan fingerprint density at radius 2 is 1.67 bits per heavy atom. The second-order valence-electron chi connectivity index (χ2n) is 5.81. The standard InChI is InChI=1S/C19H22ClN7/c1-13-5-8-16(9-6-13)12-23-27-18-10-17(24-19(21)25-18)26-22-11-14(2)4-7-15(3)20/h4-12H,1-3H3,(H4,21,24,25,26,27)/b14-4+,15-7+,22-11+,23-12+. The lowest BCUT2D eigenvalue weighted by atomic mass is 10.2. The molecule has 140 valence electrons. The Hall–Kier alpha value is -3.19. The van der Waals surface area contributed by atoms with E-state index in [2.05, 4.69) is 31.0 Å². The van der Waals surface area contributed by atoms with Crippen LogP contribution in [0.3, 0.4) is 0 Å². The number of hydrogen-bond acceptors (Lipinski definition) is 7. The fourth-order valence-electron chi connectivity index (χ4n) is 1.90. The van der Waals surface area contributed by atoms with E-state index in [-0.39, 0.29) is 5.95 Å². The predicted molar refractivity (Wildman–Crippen MR) is 114 cm³/mol. The summed E-state index contributed by atoms with van der Waals surface area (Å²) in [6.45, 7) is 5.75. The van der Waals surface area contributed by atoms with Gasteiger partial charge < -0.3 is 5.73 Å².